The number of hydrogen-bond acceptors (Lipinski definition) is 2. The minimum Gasteiger partial charge on any atom is -0.495 e. The summed E-state index contributed by atoms with van der Waals surface area (Å²) >= 11 is 11.8. The third-order valence-electron chi connectivity index (χ3n) is 2.76. The van der Waals surface area contributed by atoms with E-state index in [-0.39, 0.29) is 10.6 Å². The smallest absolute Gasteiger partial charge is 0.137 e. The highest BCUT2D eigenvalue weighted by Crippen LogP contribution is 2.34. The van der Waals surface area contributed by atoms with Crippen molar-refractivity contribution in [2.24, 2.45) is 0 Å². The number of benzene rings is 2. The molecule has 1 N–H and O–H groups in total. The highest BCUT2D eigenvalue weighted by molar-refractivity contribution is 6.32. The quantitative estimate of drug-likeness (QED) is 0.919. The van der Waals surface area contributed by atoms with E-state index in [0.29, 0.717) is 16.3 Å². The van der Waals surface area contributed by atoms with Crippen LogP contribution in [0.4, 0.5) is 4.39 Å². The van der Waals surface area contributed by atoms with Crippen LogP contribution in [0.2, 0.25) is 10.0 Å². The predicted octanol–water partition coefficient (Wildman–Crippen LogP) is 4.22. The van der Waals surface area contributed by atoms with Crippen LogP contribution in [-0.2, 0) is 0 Å². The Balaban J connectivity index is 2.47. The van der Waals surface area contributed by atoms with E-state index >= 15 is 0 Å². The number of hydrogen-bond donors (Lipinski definition) is 1. The lowest BCUT2D eigenvalue weighted by molar-refractivity contribution is 0.214. The van der Waals surface area contributed by atoms with Crippen LogP contribution in [0.15, 0.2) is 36.4 Å². The monoisotopic (exact) mass is 300 g/mol. The largest absolute Gasteiger partial charge is 0.495 e. The lowest BCUT2D eigenvalue weighted by Crippen LogP contribution is -2.04. The topological polar surface area (TPSA) is 29.5 Å². The third-order valence-corrected chi connectivity index (χ3v) is 3.41. The van der Waals surface area contributed by atoms with Gasteiger partial charge in [0.2, 0.25) is 0 Å². The van der Waals surface area contributed by atoms with E-state index in [1.807, 2.05) is 0 Å². The van der Waals surface area contributed by atoms with Gasteiger partial charge in [0.05, 0.1) is 12.1 Å². The maximum absolute atomic E-state index is 13.7. The van der Waals surface area contributed by atoms with E-state index in [1.54, 1.807) is 18.2 Å². The van der Waals surface area contributed by atoms with Crippen LogP contribution >= 0.6 is 23.2 Å². The molecule has 0 heterocycles. The van der Waals surface area contributed by atoms with Crippen molar-refractivity contribution in [1.82, 2.24) is 0 Å². The summed E-state index contributed by atoms with van der Waals surface area (Å²) in [6, 6.07) is 8.98. The molecule has 0 aliphatic carbocycles. The number of aliphatic hydroxyl groups excluding tert-OH is 1. The Labute approximate surface area is 120 Å². The molecule has 0 bridgehead atoms. The first kappa shape index (κ1) is 14.1. The summed E-state index contributed by atoms with van der Waals surface area (Å²) in [5, 5.41) is 10.8. The fourth-order valence-corrected chi connectivity index (χ4v) is 2.25. The SMILES string of the molecule is COc1cc(C(O)c2c(F)cccc2Cl)ccc1Cl. The first-order chi connectivity index (χ1) is 9.04. The summed E-state index contributed by atoms with van der Waals surface area (Å²) < 4.78 is 18.8. The number of halogens is 3. The molecule has 0 fully saturated rings. The van der Waals surface area contributed by atoms with Crippen LogP contribution in [0.25, 0.3) is 0 Å². The number of rotatable bonds is 3. The third kappa shape index (κ3) is 2.84. The van der Waals surface area contributed by atoms with Crippen molar-refractivity contribution in [2.45, 2.75) is 6.10 Å². The second kappa shape index (κ2) is 5.78. The summed E-state index contributed by atoms with van der Waals surface area (Å²) in [7, 11) is 1.47. The van der Waals surface area contributed by atoms with Crippen molar-refractivity contribution in [1.29, 1.82) is 0 Å². The van der Waals surface area contributed by atoms with Crippen LogP contribution in [0.3, 0.4) is 0 Å². The molecule has 0 saturated heterocycles. The number of ether oxygens (including phenoxy) is 1. The van der Waals surface area contributed by atoms with Crippen LogP contribution in [0, 0.1) is 5.82 Å². The molecule has 1 unspecified atom stereocenters. The van der Waals surface area contributed by atoms with Crippen LogP contribution in [0.1, 0.15) is 17.2 Å². The molecule has 0 aliphatic heterocycles. The number of methoxy groups -OCH3 is 1. The van der Waals surface area contributed by atoms with Gasteiger partial charge in [0, 0.05) is 10.6 Å². The average Bonchev–Trinajstić information content (AvgIpc) is 2.39. The molecule has 2 rings (SSSR count). The Hall–Kier alpha value is -1.29. The summed E-state index contributed by atoms with van der Waals surface area (Å²) in [5.41, 5.74) is 0.488. The van der Waals surface area contributed by atoms with Crippen LogP contribution in [0.5, 0.6) is 5.75 Å². The highest BCUT2D eigenvalue weighted by atomic mass is 35.5. The first-order valence-electron chi connectivity index (χ1n) is 5.50. The van der Waals surface area contributed by atoms with Crippen molar-refractivity contribution in [3.63, 3.8) is 0 Å². The predicted molar refractivity (Wildman–Crippen MR) is 73.5 cm³/mol. The van der Waals surface area contributed by atoms with E-state index in [0.717, 1.165) is 0 Å². The van der Waals surface area contributed by atoms with Gasteiger partial charge in [-0.05, 0) is 29.8 Å². The normalized spacial score (nSPS) is 12.3. The molecule has 2 aromatic carbocycles. The molecule has 1 atom stereocenters. The van der Waals surface area contributed by atoms with Crippen molar-refractivity contribution in [3.05, 3.63) is 63.4 Å². The molecule has 0 radical (unpaired) electrons. The molecule has 19 heavy (non-hydrogen) atoms. The minimum absolute atomic E-state index is 0.0357. The molecule has 0 aliphatic rings. The molecule has 2 aromatic rings. The van der Waals surface area contributed by atoms with Crippen LogP contribution < -0.4 is 4.74 Å². The summed E-state index contributed by atoms with van der Waals surface area (Å²) in [5.74, 6) is -0.153. The fraction of sp³-hybridized carbons (Fsp3) is 0.143. The molecule has 2 nitrogen and oxygen atoms in total. The van der Waals surface area contributed by atoms with Gasteiger partial charge in [-0.2, -0.15) is 0 Å². The van der Waals surface area contributed by atoms with Crippen molar-refractivity contribution < 1.29 is 14.2 Å². The summed E-state index contributed by atoms with van der Waals surface area (Å²) in [6.45, 7) is 0. The van der Waals surface area contributed by atoms with Crippen molar-refractivity contribution >= 4 is 23.2 Å². The van der Waals surface area contributed by atoms with Gasteiger partial charge in [-0.3, -0.25) is 0 Å². The van der Waals surface area contributed by atoms with Gasteiger partial charge in [-0.15, -0.1) is 0 Å². The van der Waals surface area contributed by atoms with E-state index in [1.165, 1.54) is 25.3 Å². The molecule has 0 amide bonds. The molecular weight excluding hydrogens is 290 g/mol. The maximum Gasteiger partial charge on any atom is 0.137 e. The molecule has 0 saturated carbocycles. The molecule has 0 aromatic heterocycles. The summed E-state index contributed by atoms with van der Waals surface area (Å²) in [4.78, 5) is 0. The first-order valence-corrected chi connectivity index (χ1v) is 6.25. The van der Waals surface area contributed by atoms with Gasteiger partial charge in [0.1, 0.15) is 17.7 Å². The lowest BCUT2D eigenvalue weighted by Gasteiger charge is -2.15. The zero-order valence-corrected chi connectivity index (χ0v) is 11.5. The van der Waals surface area contributed by atoms with Crippen molar-refractivity contribution in [3.8, 4) is 5.75 Å². The molecule has 100 valence electrons. The Kier molecular flexibility index (Phi) is 4.30. The van der Waals surface area contributed by atoms with E-state index in [9.17, 15) is 9.50 Å². The highest BCUT2D eigenvalue weighted by Gasteiger charge is 2.19. The van der Waals surface area contributed by atoms with Gasteiger partial charge in [-0.25, -0.2) is 4.39 Å². The second-order valence-electron chi connectivity index (χ2n) is 3.93. The zero-order chi connectivity index (χ0) is 14.0. The Morgan fingerprint density at radius 2 is 1.89 bits per heavy atom. The van der Waals surface area contributed by atoms with Gasteiger partial charge in [0.25, 0.3) is 0 Å². The molecule has 0 spiro atoms. The zero-order valence-electron chi connectivity index (χ0n) is 10.0. The lowest BCUT2D eigenvalue weighted by atomic mass is 10.0. The van der Waals surface area contributed by atoms with Gasteiger partial charge >= 0.3 is 0 Å². The second-order valence-corrected chi connectivity index (χ2v) is 4.75. The fourth-order valence-electron chi connectivity index (χ4n) is 1.79. The van der Waals surface area contributed by atoms with Gasteiger partial charge in [-0.1, -0.05) is 35.3 Å². The van der Waals surface area contributed by atoms with Gasteiger partial charge < -0.3 is 9.84 Å². The Morgan fingerprint density at radius 3 is 2.53 bits per heavy atom. The average molecular weight is 301 g/mol. The minimum atomic E-state index is -1.18. The summed E-state index contributed by atoms with van der Waals surface area (Å²) in [6.07, 6.45) is -1.18. The van der Waals surface area contributed by atoms with E-state index in [4.69, 9.17) is 27.9 Å². The number of aliphatic hydroxyl groups is 1. The Bertz CT molecular complexity index is 582. The Morgan fingerprint density at radius 1 is 1.16 bits per heavy atom. The van der Waals surface area contributed by atoms with E-state index < -0.39 is 11.9 Å². The van der Waals surface area contributed by atoms with Crippen LogP contribution in [-0.4, -0.2) is 12.2 Å². The van der Waals surface area contributed by atoms with Gasteiger partial charge in [0.15, 0.2) is 0 Å². The molecular formula is C14H11Cl2FO2. The molecule has 5 heteroatoms. The standard InChI is InChI=1S/C14H11Cl2FO2/c1-19-12-7-8(5-6-9(12)15)14(18)13-10(16)3-2-4-11(13)17/h2-7,14,18H,1H3. The maximum atomic E-state index is 13.7. The van der Waals surface area contributed by atoms with E-state index in [2.05, 4.69) is 0 Å². The van der Waals surface area contributed by atoms with Crippen molar-refractivity contribution in [2.75, 3.05) is 7.11 Å².